The molecule has 104 valence electrons. The molecule has 1 aromatic heterocycles. The fourth-order valence-electron chi connectivity index (χ4n) is 1.76. The Kier molecular flexibility index (Phi) is 3.81. The molecule has 0 bridgehead atoms. The van der Waals surface area contributed by atoms with Gasteiger partial charge < -0.3 is 9.26 Å². The van der Waals surface area contributed by atoms with Crippen molar-refractivity contribution < 1.29 is 13.7 Å². The summed E-state index contributed by atoms with van der Waals surface area (Å²) in [7, 11) is 1.56. The van der Waals surface area contributed by atoms with Gasteiger partial charge in [-0.3, -0.25) is 0 Å². The summed E-state index contributed by atoms with van der Waals surface area (Å²) in [5, 5.41) is 12.9. The monoisotopic (exact) mass is 275 g/mol. The summed E-state index contributed by atoms with van der Waals surface area (Å²) < 4.78 is 24.1. The number of halogens is 1. The highest BCUT2D eigenvalue weighted by atomic mass is 19.1. The van der Waals surface area contributed by atoms with Crippen LogP contribution in [0, 0.1) is 17.1 Å². The van der Waals surface area contributed by atoms with Crippen LogP contribution < -0.4 is 0 Å². The standard InChI is InChI=1S/C14H14FN3O2/c1-4-14(2,19-3)13-17-12(20-18-13)9-6-5-7-11(15)10(9)8-16/h5-7H,4H2,1-3H3. The number of rotatable bonds is 4. The minimum Gasteiger partial charge on any atom is -0.370 e. The molecule has 5 nitrogen and oxygen atoms in total. The van der Waals surface area contributed by atoms with Gasteiger partial charge in [-0.2, -0.15) is 10.2 Å². The molecule has 2 rings (SSSR count). The van der Waals surface area contributed by atoms with Gasteiger partial charge in [0.05, 0.1) is 5.56 Å². The van der Waals surface area contributed by atoms with Crippen LogP contribution in [0.1, 0.15) is 31.7 Å². The first kappa shape index (κ1) is 14.2. The lowest BCUT2D eigenvalue weighted by atomic mass is 10.0. The van der Waals surface area contributed by atoms with Crippen LogP contribution >= 0.6 is 0 Å². The lowest BCUT2D eigenvalue weighted by Crippen LogP contribution is -2.24. The first-order valence-corrected chi connectivity index (χ1v) is 6.14. The van der Waals surface area contributed by atoms with Crippen LogP contribution in [0.2, 0.25) is 0 Å². The lowest BCUT2D eigenvalue weighted by Gasteiger charge is -2.21. The maximum Gasteiger partial charge on any atom is 0.259 e. The van der Waals surface area contributed by atoms with Gasteiger partial charge in [-0.15, -0.1) is 0 Å². The molecule has 0 amide bonds. The van der Waals surface area contributed by atoms with Gasteiger partial charge in [-0.1, -0.05) is 18.1 Å². The Balaban J connectivity index is 2.50. The molecule has 0 saturated carbocycles. The van der Waals surface area contributed by atoms with E-state index >= 15 is 0 Å². The van der Waals surface area contributed by atoms with Crippen molar-refractivity contribution in [2.45, 2.75) is 25.9 Å². The summed E-state index contributed by atoms with van der Waals surface area (Å²) in [4.78, 5) is 4.22. The summed E-state index contributed by atoms with van der Waals surface area (Å²) in [6.07, 6.45) is 0.650. The van der Waals surface area contributed by atoms with E-state index in [-0.39, 0.29) is 17.0 Å². The smallest absolute Gasteiger partial charge is 0.259 e. The Bertz CT molecular complexity index is 657. The zero-order valence-corrected chi connectivity index (χ0v) is 11.5. The maximum atomic E-state index is 13.6. The lowest BCUT2D eigenvalue weighted by molar-refractivity contribution is -0.0106. The minimum atomic E-state index is -0.679. The Morgan fingerprint density at radius 3 is 2.85 bits per heavy atom. The van der Waals surface area contributed by atoms with E-state index in [0.717, 1.165) is 0 Å². The molecule has 0 radical (unpaired) electrons. The van der Waals surface area contributed by atoms with Crippen LogP contribution in [-0.4, -0.2) is 17.3 Å². The molecule has 0 aliphatic heterocycles. The third-order valence-corrected chi connectivity index (χ3v) is 3.38. The predicted molar refractivity (Wildman–Crippen MR) is 69.1 cm³/mol. The molecule has 6 heteroatoms. The molecule has 0 spiro atoms. The van der Waals surface area contributed by atoms with Crippen LogP contribution in [0.3, 0.4) is 0 Å². The molecule has 0 aliphatic rings. The fourth-order valence-corrected chi connectivity index (χ4v) is 1.76. The Hall–Kier alpha value is -2.26. The zero-order chi connectivity index (χ0) is 14.8. The Morgan fingerprint density at radius 1 is 1.50 bits per heavy atom. The van der Waals surface area contributed by atoms with Crippen LogP contribution in [-0.2, 0) is 10.3 Å². The number of hydrogen-bond acceptors (Lipinski definition) is 5. The highest BCUT2D eigenvalue weighted by Crippen LogP contribution is 2.29. The Morgan fingerprint density at radius 2 is 2.25 bits per heavy atom. The van der Waals surface area contributed by atoms with Crippen LogP contribution in [0.25, 0.3) is 11.5 Å². The molecule has 1 atom stereocenters. The van der Waals surface area contributed by atoms with Crippen molar-refractivity contribution in [3.8, 4) is 17.5 Å². The van der Waals surface area contributed by atoms with E-state index in [1.165, 1.54) is 12.1 Å². The van der Waals surface area contributed by atoms with Gasteiger partial charge in [-0.25, -0.2) is 4.39 Å². The van der Waals surface area contributed by atoms with Crippen molar-refractivity contribution in [2.75, 3.05) is 7.11 Å². The quantitative estimate of drug-likeness (QED) is 0.857. The summed E-state index contributed by atoms with van der Waals surface area (Å²) in [6, 6.07) is 6.07. The fraction of sp³-hybridized carbons (Fsp3) is 0.357. The van der Waals surface area contributed by atoms with Crippen molar-refractivity contribution in [3.05, 3.63) is 35.4 Å². The van der Waals surface area contributed by atoms with E-state index in [4.69, 9.17) is 14.5 Å². The average molecular weight is 275 g/mol. The summed E-state index contributed by atoms with van der Waals surface area (Å²) in [5.41, 5.74) is -0.513. The summed E-state index contributed by atoms with van der Waals surface area (Å²) in [6.45, 7) is 3.76. The second-order valence-corrected chi connectivity index (χ2v) is 4.49. The number of benzene rings is 1. The third-order valence-electron chi connectivity index (χ3n) is 3.38. The molecule has 0 saturated heterocycles. The molecular formula is C14H14FN3O2. The average Bonchev–Trinajstić information content (AvgIpc) is 2.96. The molecule has 2 aromatic rings. The van der Waals surface area contributed by atoms with Gasteiger partial charge in [0.1, 0.15) is 23.1 Å². The zero-order valence-electron chi connectivity index (χ0n) is 11.5. The predicted octanol–water partition coefficient (Wildman–Crippen LogP) is 3.02. The Labute approximate surface area is 116 Å². The van der Waals surface area contributed by atoms with Crippen LogP contribution in [0.5, 0.6) is 0 Å². The van der Waals surface area contributed by atoms with Crippen molar-refractivity contribution >= 4 is 0 Å². The van der Waals surface area contributed by atoms with Crippen LogP contribution in [0.15, 0.2) is 22.7 Å². The first-order chi connectivity index (χ1) is 9.55. The number of nitrogens with zero attached hydrogens (tertiary/aromatic N) is 3. The van der Waals surface area contributed by atoms with Gasteiger partial charge in [-0.05, 0) is 25.5 Å². The van der Waals surface area contributed by atoms with E-state index in [9.17, 15) is 4.39 Å². The van der Waals surface area contributed by atoms with E-state index < -0.39 is 11.4 Å². The molecule has 0 aliphatic carbocycles. The number of aromatic nitrogens is 2. The highest BCUT2D eigenvalue weighted by Gasteiger charge is 2.30. The third kappa shape index (κ3) is 2.28. The number of hydrogen-bond donors (Lipinski definition) is 0. The topological polar surface area (TPSA) is 71.9 Å². The highest BCUT2D eigenvalue weighted by molar-refractivity contribution is 5.63. The van der Waals surface area contributed by atoms with E-state index in [1.807, 2.05) is 13.8 Å². The summed E-state index contributed by atoms with van der Waals surface area (Å²) in [5.74, 6) is -0.145. The molecule has 0 fully saturated rings. The minimum absolute atomic E-state index is 0.104. The van der Waals surface area contributed by atoms with E-state index in [0.29, 0.717) is 12.2 Å². The van der Waals surface area contributed by atoms with Gasteiger partial charge in [0, 0.05) is 7.11 Å². The molecule has 1 heterocycles. The molecule has 1 aromatic carbocycles. The van der Waals surface area contributed by atoms with E-state index in [1.54, 1.807) is 19.2 Å². The first-order valence-electron chi connectivity index (χ1n) is 6.14. The van der Waals surface area contributed by atoms with Gasteiger partial charge >= 0.3 is 0 Å². The largest absolute Gasteiger partial charge is 0.370 e. The SMILES string of the molecule is CCC(C)(OC)c1noc(-c2cccc(F)c2C#N)n1. The van der Waals surface area contributed by atoms with Crippen molar-refractivity contribution in [1.29, 1.82) is 5.26 Å². The van der Waals surface area contributed by atoms with Crippen molar-refractivity contribution in [1.82, 2.24) is 10.1 Å². The summed E-state index contributed by atoms with van der Waals surface area (Å²) >= 11 is 0. The second-order valence-electron chi connectivity index (χ2n) is 4.49. The van der Waals surface area contributed by atoms with E-state index in [2.05, 4.69) is 10.1 Å². The second kappa shape index (κ2) is 5.39. The van der Waals surface area contributed by atoms with Crippen molar-refractivity contribution in [3.63, 3.8) is 0 Å². The molecule has 20 heavy (non-hydrogen) atoms. The van der Waals surface area contributed by atoms with Crippen molar-refractivity contribution in [2.24, 2.45) is 0 Å². The van der Waals surface area contributed by atoms with Gasteiger partial charge in [0.25, 0.3) is 5.89 Å². The van der Waals surface area contributed by atoms with Crippen LogP contribution in [0.4, 0.5) is 4.39 Å². The number of ether oxygens (including phenoxy) is 1. The number of nitriles is 1. The maximum absolute atomic E-state index is 13.6. The normalized spacial score (nSPS) is 13.8. The molecular weight excluding hydrogens is 261 g/mol. The van der Waals surface area contributed by atoms with Gasteiger partial charge in [0.15, 0.2) is 0 Å². The molecule has 0 N–H and O–H groups in total. The molecule has 1 unspecified atom stereocenters. The van der Waals surface area contributed by atoms with Gasteiger partial charge in [0.2, 0.25) is 5.82 Å². The number of methoxy groups -OCH3 is 1.